The van der Waals surface area contributed by atoms with Crippen LogP contribution in [0.25, 0.3) is 0 Å². The lowest BCUT2D eigenvalue weighted by atomic mass is 9.94. The smallest absolute Gasteiger partial charge is 0.319 e. The Morgan fingerprint density at radius 3 is 2.66 bits per heavy atom. The van der Waals surface area contributed by atoms with Crippen molar-refractivity contribution in [3.63, 3.8) is 0 Å². The summed E-state index contributed by atoms with van der Waals surface area (Å²) >= 11 is 0. The highest BCUT2D eigenvalue weighted by atomic mass is 19.2. The van der Waals surface area contributed by atoms with E-state index in [1.807, 2.05) is 0 Å². The van der Waals surface area contributed by atoms with Crippen LogP contribution in [0.4, 0.5) is 19.3 Å². The molecule has 4 N–H and O–H groups in total. The van der Waals surface area contributed by atoms with E-state index in [4.69, 9.17) is 4.74 Å². The van der Waals surface area contributed by atoms with Crippen LogP contribution in [0.3, 0.4) is 0 Å². The van der Waals surface area contributed by atoms with Crippen LogP contribution < -0.4 is 20.7 Å². The van der Waals surface area contributed by atoms with Crippen molar-refractivity contribution >= 4 is 17.6 Å². The molecule has 1 heterocycles. The first-order valence-corrected chi connectivity index (χ1v) is 8.80. The average molecular weight is 403 g/mol. The van der Waals surface area contributed by atoms with Gasteiger partial charge in [0.25, 0.3) is 5.91 Å². The van der Waals surface area contributed by atoms with Gasteiger partial charge in [-0.25, -0.2) is 13.6 Å². The number of anilines is 1. The molecule has 7 nitrogen and oxygen atoms in total. The molecule has 2 aromatic carbocycles. The fourth-order valence-electron chi connectivity index (χ4n) is 3.00. The molecule has 0 radical (unpaired) electrons. The van der Waals surface area contributed by atoms with Crippen LogP contribution in [0.2, 0.25) is 0 Å². The fraction of sp³-hybridized carbons (Fsp3) is 0.200. The van der Waals surface area contributed by atoms with Gasteiger partial charge in [0.2, 0.25) is 0 Å². The van der Waals surface area contributed by atoms with Crippen LogP contribution in [-0.4, -0.2) is 23.7 Å². The van der Waals surface area contributed by atoms with Crippen molar-refractivity contribution in [1.29, 1.82) is 0 Å². The number of ether oxygens (including phenoxy) is 1. The number of carbonyl (C=O) groups is 2. The molecule has 0 fully saturated rings. The summed E-state index contributed by atoms with van der Waals surface area (Å²) < 4.78 is 31.9. The number of halogens is 2. The minimum absolute atomic E-state index is 0.0607. The monoisotopic (exact) mass is 403 g/mol. The van der Waals surface area contributed by atoms with E-state index in [2.05, 4.69) is 16.0 Å². The highest BCUT2D eigenvalue weighted by molar-refractivity contribution is 6.06. The number of rotatable bonds is 5. The fourth-order valence-corrected chi connectivity index (χ4v) is 3.00. The summed E-state index contributed by atoms with van der Waals surface area (Å²) in [6.07, 6.45) is 0. The van der Waals surface area contributed by atoms with Gasteiger partial charge in [0, 0.05) is 17.5 Å². The third-order valence-corrected chi connectivity index (χ3v) is 4.31. The summed E-state index contributed by atoms with van der Waals surface area (Å²) in [4.78, 5) is 24.9. The summed E-state index contributed by atoms with van der Waals surface area (Å²) in [5.74, 6) is -2.62. The average Bonchev–Trinajstić information content (AvgIpc) is 2.66. The number of benzene rings is 2. The van der Waals surface area contributed by atoms with Gasteiger partial charge >= 0.3 is 6.03 Å². The maximum atomic E-state index is 13.5. The predicted molar refractivity (Wildman–Crippen MR) is 101 cm³/mol. The van der Waals surface area contributed by atoms with Gasteiger partial charge in [-0.3, -0.25) is 4.79 Å². The van der Waals surface area contributed by atoms with Crippen molar-refractivity contribution in [3.8, 4) is 11.5 Å². The molecule has 1 atom stereocenters. The number of allylic oxidation sites excluding steroid dienone is 1. The van der Waals surface area contributed by atoms with Gasteiger partial charge in [0.1, 0.15) is 0 Å². The molecular formula is C20H19F2N3O4. The Morgan fingerprint density at radius 2 is 1.97 bits per heavy atom. The highest BCUT2D eigenvalue weighted by Gasteiger charge is 2.31. The molecule has 3 amide bonds. The van der Waals surface area contributed by atoms with Crippen LogP contribution in [-0.2, 0) is 4.79 Å². The van der Waals surface area contributed by atoms with E-state index in [9.17, 15) is 23.5 Å². The van der Waals surface area contributed by atoms with Gasteiger partial charge in [-0.15, -0.1) is 0 Å². The van der Waals surface area contributed by atoms with Crippen LogP contribution in [0.1, 0.15) is 25.5 Å². The molecule has 3 rings (SSSR count). The predicted octanol–water partition coefficient (Wildman–Crippen LogP) is 3.34. The number of hydrogen-bond donors (Lipinski definition) is 4. The lowest BCUT2D eigenvalue weighted by Gasteiger charge is -2.29. The number of hydrogen-bond acceptors (Lipinski definition) is 4. The van der Waals surface area contributed by atoms with Gasteiger partial charge in [-0.2, -0.15) is 0 Å². The van der Waals surface area contributed by atoms with E-state index >= 15 is 0 Å². The van der Waals surface area contributed by atoms with E-state index < -0.39 is 29.6 Å². The molecule has 0 spiro atoms. The van der Waals surface area contributed by atoms with Gasteiger partial charge in [-0.1, -0.05) is 6.07 Å². The van der Waals surface area contributed by atoms with Crippen LogP contribution in [0.15, 0.2) is 47.7 Å². The van der Waals surface area contributed by atoms with Crippen molar-refractivity contribution in [1.82, 2.24) is 10.6 Å². The van der Waals surface area contributed by atoms with Crippen molar-refractivity contribution in [2.45, 2.75) is 19.9 Å². The molecule has 0 bridgehead atoms. The molecule has 1 aliphatic rings. The van der Waals surface area contributed by atoms with Gasteiger partial charge in [0.05, 0.1) is 18.2 Å². The number of amides is 3. The molecule has 29 heavy (non-hydrogen) atoms. The molecule has 0 saturated carbocycles. The number of phenolic OH excluding ortho intramolecular Hbond substituents is 1. The van der Waals surface area contributed by atoms with Crippen molar-refractivity contribution in [2.24, 2.45) is 0 Å². The number of carbonyl (C=O) groups excluding carboxylic acids is 2. The zero-order valence-electron chi connectivity index (χ0n) is 15.7. The van der Waals surface area contributed by atoms with E-state index in [-0.39, 0.29) is 22.8 Å². The first kappa shape index (κ1) is 20.1. The molecular weight excluding hydrogens is 384 g/mol. The van der Waals surface area contributed by atoms with E-state index in [1.165, 1.54) is 18.2 Å². The molecule has 1 aliphatic heterocycles. The van der Waals surface area contributed by atoms with Gasteiger partial charge in [-0.05, 0) is 43.7 Å². The van der Waals surface area contributed by atoms with Crippen LogP contribution >= 0.6 is 0 Å². The molecule has 152 valence electrons. The quantitative estimate of drug-likeness (QED) is 0.615. The SMILES string of the molecule is CCOc1cc([C@@H]2NC(=O)NC(C)=C2C(=O)Nc2ccc(F)c(F)c2)ccc1O. The second-order valence-electron chi connectivity index (χ2n) is 6.31. The third kappa shape index (κ3) is 4.29. The summed E-state index contributed by atoms with van der Waals surface area (Å²) in [5, 5.41) is 17.6. The molecule has 0 unspecified atom stereocenters. The first-order valence-electron chi connectivity index (χ1n) is 8.80. The Hall–Kier alpha value is -3.62. The zero-order chi connectivity index (χ0) is 21.1. The highest BCUT2D eigenvalue weighted by Crippen LogP contribution is 2.34. The lowest BCUT2D eigenvalue weighted by molar-refractivity contribution is -0.113. The van der Waals surface area contributed by atoms with Crippen molar-refractivity contribution < 1.29 is 28.2 Å². The molecule has 0 aliphatic carbocycles. The molecule has 2 aromatic rings. The summed E-state index contributed by atoms with van der Waals surface area (Å²) in [5.41, 5.74) is 1.02. The molecule has 0 saturated heterocycles. The third-order valence-electron chi connectivity index (χ3n) is 4.31. The van der Waals surface area contributed by atoms with Crippen LogP contribution in [0.5, 0.6) is 11.5 Å². The number of phenols is 1. The maximum absolute atomic E-state index is 13.5. The maximum Gasteiger partial charge on any atom is 0.319 e. The van der Waals surface area contributed by atoms with Crippen molar-refractivity contribution in [3.05, 3.63) is 64.9 Å². The normalized spacial score (nSPS) is 16.1. The van der Waals surface area contributed by atoms with Crippen molar-refractivity contribution in [2.75, 3.05) is 11.9 Å². The Balaban J connectivity index is 1.96. The second-order valence-corrected chi connectivity index (χ2v) is 6.31. The summed E-state index contributed by atoms with van der Waals surface area (Å²) in [6, 6.07) is 6.09. The Morgan fingerprint density at radius 1 is 1.21 bits per heavy atom. The zero-order valence-corrected chi connectivity index (χ0v) is 15.7. The van der Waals surface area contributed by atoms with E-state index in [0.717, 1.165) is 12.1 Å². The second kappa shape index (κ2) is 8.17. The largest absolute Gasteiger partial charge is 0.504 e. The Bertz CT molecular complexity index is 1010. The molecule has 9 heteroatoms. The molecule has 0 aromatic heterocycles. The number of aromatic hydroxyl groups is 1. The van der Waals surface area contributed by atoms with Gasteiger partial charge < -0.3 is 25.8 Å². The minimum Gasteiger partial charge on any atom is -0.504 e. The Labute approximate surface area is 165 Å². The topological polar surface area (TPSA) is 99.7 Å². The van der Waals surface area contributed by atoms with E-state index in [0.29, 0.717) is 17.9 Å². The summed E-state index contributed by atoms with van der Waals surface area (Å²) in [7, 11) is 0. The minimum atomic E-state index is -1.10. The first-order chi connectivity index (χ1) is 13.8. The standard InChI is InChI=1S/C20H19F2N3O4/c1-3-29-16-8-11(4-7-15(16)26)18-17(10(2)23-20(28)25-18)19(27)24-12-5-6-13(21)14(22)9-12/h4-9,18,26H,3H2,1-2H3,(H,24,27)(H2,23,25,28)/t18-/m0/s1. The number of urea groups is 1. The summed E-state index contributed by atoms with van der Waals surface area (Å²) in [6.45, 7) is 3.62. The van der Waals surface area contributed by atoms with Crippen LogP contribution in [0, 0.1) is 11.6 Å². The van der Waals surface area contributed by atoms with Gasteiger partial charge in [0.15, 0.2) is 23.1 Å². The Kier molecular flexibility index (Phi) is 5.67. The van der Waals surface area contributed by atoms with E-state index in [1.54, 1.807) is 19.9 Å². The number of nitrogens with one attached hydrogen (secondary N) is 3. The lowest BCUT2D eigenvalue weighted by Crippen LogP contribution is -2.46.